The van der Waals surface area contributed by atoms with E-state index in [1.807, 2.05) is 11.8 Å². The molecule has 0 bridgehead atoms. The van der Waals surface area contributed by atoms with Crippen molar-refractivity contribution in [3.8, 4) is 0 Å². The van der Waals surface area contributed by atoms with Crippen molar-refractivity contribution >= 4 is 17.7 Å². The van der Waals surface area contributed by atoms with Gasteiger partial charge in [0.2, 0.25) is 5.91 Å². The van der Waals surface area contributed by atoms with Gasteiger partial charge in [0.05, 0.1) is 0 Å². The van der Waals surface area contributed by atoms with Gasteiger partial charge in [-0.25, -0.2) is 0 Å². The zero-order valence-corrected chi connectivity index (χ0v) is 12.3. The summed E-state index contributed by atoms with van der Waals surface area (Å²) in [5.41, 5.74) is 0. The average molecular weight is 270 g/mol. The topological polar surface area (TPSA) is 32.3 Å². The van der Waals surface area contributed by atoms with E-state index in [9.17, 15) is 4.79 Å². The Balaban J connectivity index is 1.83. The number of nitrogens with zero attached hydrogens (tertiary/aromatic N) is 1. The first-order chi connectivity index (χ1) is 8.81. The van der Waals surface area contributed by atoms with E-state index in [2.05, 4.69) is 17.1 Å². The molecule has 0 atom stereocenters. The Morgan fingerprint density at radius 3 is 2.50 bits per heavy atom. The second-order valence-electron chi connectivity index (χ2n) is 5.42. The summed E-state index contributed by atoms with van der Waals surface area (Å²) in [6.45, 7) is 5.13. The zero-order chi connectivity index (χ0) is 12.8. The van der Waals surface area contributed by atoms with E-state index in [0.717, 1.165) is 38.9 Å². The first-order valence-electron chi connectivity index (χ1n) is 7.39. The Morgan fingerprint density at radius 2 is 1.89 bits per heavy atom. The highest BCUT2D eigenvalue weighted by Gasteiger charge is 2.26. The Hall–Kier alpha value is -0.220. The molecule has 4 heteroatoms. The minimum absolute atomic E-state index is 0.404. The Morgan fingerprint density at radius 1 is 1.22 bits per heavy atom. The van der Waals surface area contributed by atoms with Crippen LogP contribution < -0.4 is 5.32 Å². The maximum absolute atomic E-state index is 12.4. The molecule has 2 aliphatic rings. The normalized spacial score (nSPS) is 22.9. The van der Waals surface area contributed by atoms with E-state index in [0.29, 0.717) is 17.9 Å². The summed E-state index contributed by atoms with van der Waals surface area (Å²) in [6.07, 6.45) is 5.51. The van der Waals surface area contributed by atoms with Crippen LogP contribution in [0.3, 0.4) is 0 Å². The fourth-order valence-corrected chi connectivity index (χ4v) is 4.28. The first kappa shape index (κ1) is 14.2. The van der Waals surface area contributed by atoms with Gasteiger partial charge in [-0.3, -0.25) is 4.79 Å². The van der Waals surface area contributed by atoms with Crippen LogP contribution in [0.5, 0.6) is 0 Å². The summed E-state index contributed by atoms with van der Waals surface area (Å²) in [7, 11) is 0. The third kappa shape index (κ3) is 3.89. The van der Waals surface area contributed by atoms with Crippen LogP contribution in [0.15, 0.2) is 0 Å². The summed E-state index contributed by atoms with van der Waals surface area (Å²) in [4.78, 5) is 14.6. The quantitative estimate of drug-likeness (QED) is 0.849. The number of carbonyl (C=O) groups excluding carboxylic acids is 1. The van der Waals surface area contributed by atoms with Crippen molar-refractivity contribution in [3.63, 3.8) is 0 Å². The highest BCUT2D eigenvalue weighted by molar-refractivity contribution is 7.99. The highest BCUT2D eigenvalue weighted by atomic mass is 32.2. The van der Waals surface area contributed by atoms with Crippen molar-refractivity contribution < 1.29 is 4.79 Å². The maximum Gasteiger partial charge on any atom is 0.223 e. The number of hydrogen-bond acceptors (Lipinski definition) is 3. The lowest BCUT2D eigenvalue weighted by Gasteiger charge is -2.35. The van der Waals surface area contributed by atoms with Crippen molar-refractivity contribution in [3.05, 3.63) is 0 Å². The monoisotopic (exact) mass is 270 g/mol. The smallest absolute Gasteiger partial charge is 0.223 e. The summed E-state index contributed by atoms with van der Waals surface area (Å²) >= 11 is 2.03. The third-order valence-corrected chi connectivity index (χ3v) is 5.26. The maximum atomic E-state index is 12.4. The van der Waals surface area contributed by atoms with Gasteiger partial charge >= 0.3 is 0 Å². The molecule has 0 aromatic carbocycles. The molecular weight excluding hydrogens is 244 g/mol. The number of rotatable bonds is 4. The molecule has 0 aromatic rings. The van der Waals surface area contributed by atoms with Crippen molar-refractivity contribution in [2.24, 2.45) is 5.92 Å². The van der Waals surface area contributed by atoms with Crippen LogP contribution in [-0.4, -0.2) is 48.0 Å². The van der Waals surface area contributed by atoms with Crippen LogP contribution in [0.25, 0.3) is 0 Å². The molecule has 2 rings (SSSR count). The van der Waals surface area contributed by atoms with Gasteiger partial charge in [0, 0.05) is 19.0 Å². The predicted molar refractivity (Wildman–Crippen MR) is 77.9 cm³/mol. The molecule has 2 aliphatic heterocycles. The molecular formula is C14H26N2OS. The van der Waals surface area contributed by atoms with Crippen LogP contribution in [0.2, 0.25) is 0 Å². The molecule has 0 aliphatic carbocycles. The van der Waals surface area contributed by atoms with Crippen LogP contribution in [0.4, 0.5) is 0 Å². The molecule has 18 heavy (non-hydrogen) atoms. The van der Waals surface area contributed by atoms with Gasteiger partial charge in [0.25, 0.3) is 0 Å². The number of carbonyl (C=O) groups is 1. The second-order valence-corrected chi connectivity index (χ2v) is 6.65. The minimum Gasteiger partial charge on any atom is -0.340 e. The van der Waals surface area contributed by atoms with Crippen molar-refractivity contribution in [2.75, 3.05) is 31.1 Å². The Bertz CT molecular complexity index is 261. The molecule has 1 amide bonds. The van der Waals surface area contributed by atoms with E-state index in [-0.39, 0.29) is 0 Å². The summed E-state index contributed by atoms with van der Waals surface area (Å²) < 4.78 is 0. The molecule has 2 saturated heterocycles. The third-order valence-electron chi connectivity index (χ3n) is 4.21. The van der Waals surface area contributed by atoms with Gasteiger partial charge in [-0.15, -0.1) is 0 Å². The van der Waals surface area contributed by atoms with Crippen LogP contribution in [0, 0.1) is 5.92 Å². The fourth-order valence-electron chi connectivity index (χ4n) is 3.07. The molecule has 0 radical (unpaired) electrons. The molecule has 1 N–H and O–H groups in total. The highest BCUT2D eigenvalue weighted by Crippen LogP contribution is 2.26. The lowest BCUT2D eigenvalue weighted by Crippen LogP contribution is -2.46. The van der Waals surface area contributed by atoms with Crippen LogP contribution in [0.1, 0.15) is 39.0 Å². The predicted octanol–water partition coefficient (Wildman–Crippen LogP) is 2.12. The van der Waals surface area contributed by atoms with Gasteiger partial charge < -0.3 is 10.2 Å². The number of nitrogens with one attached hydrogen (secondary N) is 1. The van der Waals surface area contributed by atoms with Gasteiger partial charge in [0.15, 0.2) is 0 Å². The van der Waals surface area contributed by atoms with E-state index in [4.69, 9.17) is 0 Å². The molecule has 2 fully saturated rings. The second kappa shape index (κ2) is 7.39. The molecule has 104 valence electrons. The van der Waals surface area contributed by atoms with Gasteiger partial charge in [0.1, 0.15) is 0 Å². The van der Waals surface area contributed by atoms with Crippen molar-refractivity contribution in [1.82, 2.24) is 10.2 Å². The molecule has 0 unspecified atom stereocenters. The van der Waals surface area contributed by atoms with Gasteiger partial charge in [-0.05, 0) is 63.1 Å². The van der Waals surface area contributed by atoms with Crippen LogP contribution in [-0.2, 0) is 4.79 Å². The number of amides is 1. The standard InChI is InChI=1S/C14H26N2OS/c1-2-16(13-3-7-15-8-4-13)14(17)11-12-5-9-18-10-6-12/h12-13,15H,2-11H2,1H3. The number of piperidine rings is 1. The number of thioether (sulfide) groups is 1. The van der Waals surface area contributed by atoms with Crippen molar-refractivity contribution in [2.45, 2.75) is 45.1 Å². The number of hydrogen-bond donors (Lipinski definition) is 1. The minimum atomic E-state index is 0.404. The van der Waals surface area contributed by atoms with E-state index in [1.165, 1.54) is 24.3 Å². The van der Waals surface area contributed by atoms with Gasteiger partial charge in [-0.1, -0.05) is 0 Å². The summed E-state index contributed by atoms with van der Waals surface area (Å²) in [6, 6.07) is 0.488. The van der Waals surface area contributed by atoms with E-state index < -0.39 is 0 Å². The zero-order valence-electron chi connectivity index (χ0n) is 11.5. The summed E-state index contributed by atoms with van der Waals surface area (Å²) in [5, 5.41) is 3.37. The molecule has 0 spiro atoms. The Kier molecular flexibility index (Phi) is 5.83. The Labute approximate surface area is 115 Å². The molecule has 0 saturated carbocycles. The molecule has 3 nitrogen and oxygen atoms in total. The largest absolute Gasteiger partial charge is 0.340 e. The lowest BCUT2D eigenvalue weighted by molar-refractivity contribution is -0.134. The van der Waals surface area contributed by atoms with E-state index >= 15 is 0 Å². The first-order valence-corrected chi connectivity index (χ1v) is 8.54. The SMILES string of the molecule is CCN(C(=O)CC1CCSCC1)C1CCNCC1. The fraction of sp³-hybridized carbons (Fsp3) is 0.929. The van der Waals surface area contributed by atoms with Crippen LogP contribution >= 0.6 is 11.8 Å². The van der Waals surface area contributed by atoms with E-state index in [1.54, 1.807) is 0 Å². The average Bonchev–Trinajstić information content (AvgIpc) is 2.42. The molecule has 0 aromatic heterocycles. The lowest BCUT2D eigenvalue weighted by atomic mass is 9.96. The van der Waals surface area contributed by atoms with Gasteiger partial charge in [-0.2, -0.15) is 11.8 Å². The molecule has 2 heterocycles. The summed E-state index contributed by atoms with van der Waals surface area (Å²) in [5.74, 6) is 3.55. The van der Waals surface area contributed by atoms with Crippen molar-refractivity contribution in [1.29, 1.82) is 0 Å².